The average molecular weight is 355 g/mol. The van der Waals surface area contributed by atoms with Gasteiger partial charge in [0.25, 0.3) is 0 Å². The summed E-state index contributed by atoms with van der Waals surface area (Å²) in [5.41, 5.74) is 1.16. The zero-order chi connectivity index (χ0) is 15.2. The molecule has 1 aliphatic rings. The normalized spacial score (nSPS) is 14.0. The Morgan fingerprint density at radius 1 is 1.43 bits per heavy atom. The number of carbonyl (C=O) groups is 1. The molecule has 2 rings (SSSR count). The number of nitrogens with one attached hydrogen (secondary N) is 1. The quantitative estimate of drug-likeness (QED) is 0.729. The van der Waals surface area contributed by atoms with Gasteiger partial charge in [0.1, 0.15) is 5.75 Å². The number of hydrogen-bond donors (Lipinski definition) is 1. The number of rotatable bonds is 8. The third-order valence-electron chi connectivity index (χ3n) is 3.49. The molecule has 1 amide bonds. The molecule has 1 aliphatic carbocycles. The fraction of sp³-hybridized carbons (Fsp3) is 0.562. The Bertz CT molecular complexity index is 487. The van der Waals surface area contributed by atoms with Crippen LogP contribution in [0, 0.1) is 0 Å². The molecular weight excluding hydrogens is 332 g/mol. The van der Waals surface area contributed by atoms with Gasteiger partial charge in [-0.25, -0.2) is 0 Å². The number of ether oxygens (including phenoxy) is 1. The van der Waals surface area contributed by atoms with Crippen LogP contribution < -0.4 is 10.1 Å². The third kappa shape index (κ3) is 5.32. The van der Waals surface area contributed by atoms with Gasteiger partial charge in [0.2, 0.25) is 5.91 Å². The third-order valence-corrected chi connectivity index (χ3v) is 4.11. The lowest BCUT2D eigenvalue weighted by Crippen LogP contribution is -2.22. The molecule has 116 valence electrons. The SMILES string of the molecule is CN(C)C(=O)CCCOc1c(Br)cccc1CNC1CC1. The van der Waals surface area contributed by atoms with E-state index in [2.05, 4.69) is 27.3 Å². The summed E-state index contributed by atoms with van der Waals surface area (Å²) in [7, 11) is 3.55. The highest BCUT2D eigenvalue weighted by Crippen LogP contribution is 2.30. The van der Waals surface area contributed by atoms with Crippen molar-refractivity contribution in [3.8, 4) is 5.75 Å². The van der Waals surface area contributed by atoms with Gasteiger partial charge in [-0.15, -0.1) is 0 Å². The van der Waals surface area contributed by atoms with Crippen LogP contribution in [0.3, 0.4) is 0 Å². The Labute approximate surface area is 135 Å². The van der Waals surface area contributed by atoms with E-state index in [4.69, 9.17) is 4.74 Å². The highest BCUT2D eigenvalue weighted by Gasteiger charge is 2.21. The fourth-order valence-electron chi connectivity index (χ4n) is 2.02. The molecule has 0 unspecified atom stereocenters. The predicted molar refractivity (Wildman–Crippen MR) is 87.4 cm³/mol. The molecule has 1 saturated carbocycles. The van der Waals surface area contributed by atoms with E-state index in [9.17, 15) is 4.79 Å². The highest BCUT2D eigenvalue weighted by molar-refractivity contribution is 9.10. The maximum absolute atomic E-state index is 11.5. The summed E-state index contributed by atoms with van der Waals surface area (Å²) in [6.45, 7) is 1.38. The molecule has 0 bridgehead atoms. The summed E-state index contributed by atoms with van der Waals surface area (Å²) in [5, 5.41) is 3.50. The Kier molecular flexibility index (Phi) is 6.06. The number of carbonyl (C=O) groups excluding carboxylic acids is 1. The number of nitrogens with zero attached hydrogens (tertiary/aromatic N) is 1. The maximum Gasteiger partial charge on any atom is 0.222 e. The van der Waals surface area contributed by atoms with E-state index in [-0.39, 0.29) is 5.91 Å². The van der Waals surface area contributed by atoms with Crippen molar-refractivity contribution < 1.29 is 9.53 Å². The van der Waals surface area contributed by atoms with Gasteiger partial charge in [-0.05, 0) is 41.3 Å². The lowest BCUT2D eigenvalue weighted by Gasteiger charge is -2.14. The first-order valence-corrected chi connectivity index (χ1v) is 8.21. The van der Waals surface area contributed by atoms with E-state index in [1.165, 1.54) is 12.8 Å². The molecule has 0 aliphatic heterocycles. The minimum Gasteiger partial charge on any atom is -0.492 e. The zero-order valence-corrected chi connectivity index (χ0v) is 14.3. The molecule has 4 nitrogen and oxygen atoms in total. The van der Waals surface area contributed by atoms with Crippen LogP contribution in [0.2, 0.25) is 0 Å². The Balaban J connectivity index is 1.84. The van der Waals surface area contributed by atoms with Gasteiger partial charge in [-0.2, -0.15) is 0 Å². The molecule has 0 heterocycles. The first-order chi connectivity index (χ1) is 10.1. The number of benzene rings is 1. The number of halogens is 1. The van der Waals surface area contributed by atoms with Gasteiger partial charge < -0.3 is 15.0 Å². The van der Waals surface area contributed by atoms with E-state index >= 15 is 0 Å². The van der Waals surface area contributed by atoms with Gasteiger partial charge >= 0.3 is 0 Å². The van der Waals surface area contributed by atoms with E-state index in [1.807, 2.05) is 12.1 Å². The molecule has 21 heavy (non-hydrogen) atoms. The van der Waals surface area contributed by atoms with Crippen LogP contribution in [-0.2, 0) is 11.3 Å². The number of para-hydroxylation sites is 1. The Hall–Kier alpha value is -1.07. The van der Waals surface area contributed by atoms with E-state index in [0.29, 0.717) is 19.1 Å². The van der Waals surface area contributed by atoms with Crippen molar-refractivity contribution in [3.05, 3.63) is 28.2 Å². The Morgan fingerprint density at radius 2 is 2.19 bits per heavy atom. The lowest BCUT2D eigenvalue weighted by molar-refractivity contribution is -0.128. The predicted octanol–water partition coefficient (Wildman–Crippen LogP) is 2.95. The smallest absolute Gasteiger partial charge is 0.222 e. The van der Waals surface area contributed by atoms with Crippen LogP contribution in [-0.4, -0.2) is 37.6 Å². The molecule has 1 N–H and O–H groups in total. The standard InChI is InChI=1S/C16H23BrN2O2/c1-19(2)15(20)7-4-10-21-16-12(5-3-6-14(16)17)11-18-13-8-9-13/h3,5-6,13,18H,4,7-11H2,1-2H3. The van der Waals surface area contributed by atoms with Crippen LogP contribution in [0.5, 0.6) is 5.75 Å². The molecule has 1 fully saturated rings. The molecule has 0 spiro atoms. The average Bonchev–Trinajstić information content (AvgIpc) is 3.26. The molecule has 5 heteroatoms. The minimum absolute atomic E-state index is 0.140. The van der Waals surface area contributed by atoms with Crippen molar-refractivity contribution in [1.29, 1.82) is 0 Å². The van der Waals surface area contributed by atoms with Crippen LogP contribution >= 0.6 is 15.9 Å². The van der Waals surface area contributed by atoms with Gasteiger partial charge in [0.05, 0.1) is 11.1 Å². The van der Waals surface area contributed by atoms with Crippen molar-refractivity contribution in [2.75, 3.05) is 20.7 Å². The molecule has 0 saturated heterocycles. The molecule has 1 aromatic rings. The summed E-state index contributed by atoms with van der Waals surface area (Å²) < 4.78 is 6.86. The first-order valence-electron chi connectivity index (χ1n) is 7.41. The monoisotopic (exact) mass is 354 g/mol. The zero-order valence-electron chi connectivity index (χ0n) is 12.7. The van der Waals surface area contributed by atoms with Gasteiger partial charge in [-0.1, -0.05) is 12.1 Å². The molecule has 0 aromatic heterocycles. The van der Waals surface area contributed by atoms with Crippen molar-refractivity contribution in [1.82, 2.24) is 10.2 Å². The van der Waals surface area contributed by atoms with E-state index in [0.717, 1.165) is 28.8 Å². The summed E-state index contributed by atoms with van der Waals surface area (Å²) in [4.78, 5) is 13.1. The topological polar surface area (TPSA) is 41.6 Å². The summed E-state index contributed by atoms with van der Waals surface area (Å²) in [6.07, 6.45) is 3.80. The van der Waals surface area contributed by atoms with Crippen LogP contribution in [0.15, 0.2) is 22.7 Å². The summed E-state index contributed by atoms with van der Waals surface area (Å²) >= 11 is 3.55. The van der Waals surface area contributed by atoms with E-state index < -0.39 is 0 Å². The van der Waals surface area contributed by atoms with Crippen molar-refractivity contribution in [2.45, 2.75) is 38.3 Å². The summed E-state index contributed by atoms with van der Waals surface area (Å²) in [6, 6.07) is 6.77. The van der Waals surface area contributed by atoms with E-state index in [1.54, 1.807) is 19.0 Å². The van der Waals surface area contributed by atoms with Gasteiger partial charge in [-0.3, -0.25) is 4.79 Å². The number of hydrogen-bond acceptors (Lipinski definition) is 3. The van der Waals surface area contributed by atoms with Crippen molar-refractivity contribution in [2.24, 2.45) is 0 Å². The molecule has 1 aromatic carbocycles. The van der Waals surface area contributed by atoms with Crippen molar-refractivity contribution in [3.63, 3.8) is 0 Å². The maximum atomic E-state index is 11.5. The molecule has 0 radical (unpaired) electrons. The highest BCUT2D eigenvalue weighted by atomic mass is 79.9. The second kappa shape index (κ2) is 7.80. The van der Waals surface area contributed by atoms with Crippen LogP contribution in [0.25, 0.3) is 0 Å². The number of amides is 1. The molecular formula is C16H23BrN2O2. The van der Waals surface area contributed by atoms with Crippen LogP contribution in [0.4, 0.5) is 0 Å². The van der Waals surface area contributed by atoms with Gasteiger partial charge in [0, 0.05) is 38.7 Å². The Morgan fingerprint density at radius 3 is 2.86 bits per heavy atom. The van der Waals surface area contributed by atoms with Gasteiger partial charge in [0.15, 0.2) is 0 Å². The fourth-order valence-corrected chi connectivity index (χ4v) is 2.54. The second-order valence-corrected chi connectivity index (χ2v) is 6.48. The minimum atomic E-state index is 0.140. The second-order valence-electron chi connectivity index (χ2n) is 5.62. The first kappa shape index (κ1) is 16.3. The largest absolute Gasteiger partial charge is 0.492 e. The van der Waals surface area contributed by atoms with Crippen molar-refractivity contribution >= 4 is 21.8 Å². The lowest BCUT2D eigenvalue weighted by atomic mass is 10.2. The molecule has 0 atom stereocenters. The summed E-state index contributed by atoms with van der Waals surface area (Å²) in [5.74, 6) is 1.03. The van der Waals surface area contributed by atoms with Crippen LogP contribution in [0.1, 0.15) is 31.2 Å².